The Labute approximate surface area is 222 Å². The van der Waals surface area contributed by atoms with Crippen LogP contribution >= 0.6 is 0 Å². The summed E-state index contributed by atoms with van der Waals surface area (Å²) >= 11 is 0. The van der Waals surface area contributed by atoms with E-state index >= 15 is 0 Å². The van der Waals surface area contributed by atoms with Gasteiger partial charge in [-0.25, -0.2) is 9.59 Å². The number of hydrogen-bond donors (Lipinski definition) is 2. The van der Waals surface area contributed by atoms with Crippen LogP contribution in [0.4, 0.5) is 9.59 Å². The van der Waals surface area contributed by atoms with Gasteiger partial charge in [-0.3, -0.25) is 0 Å². The molecule has 0 atom stereocenters. The Bertz CT molecular complexity index is 996. The summed E-state index contributed by atoms with van der Waals surface area (Å²) in [7, 11) is 0. The molecule has 0 aliphatic carbocycles. The SMILES string of the molecule is C=C(C)c1ccc(C(C)(C)NC(=O)OCCCCCOC(=O)NC(C)(C)c2ccc(C(=C)C)cc2)cc1. The second-order valence-electron chi connectivity index (χ2n) is 10.5. The Morgan fingerprint density at radius 1 is 0.649 bits per heavy atom. The minimum atomic E-state index is -0.563. The highest BCUT2D eigenvalue weighted by Crippen LogP contribution is 2.23. The van der Waals surface area contributed by atoms with Crippen LogP contribution in [0.5, 0.6) is 0 Å². The first-order chi connectivity index (χ1) is 17.3. The standard InChI is InChI=1S/C31H42N2O4/c1-22(2)24-12-16-26(17-13-24)30(5,6)32-28(34)36-20-10-9-11-21-37-29(35)33-31(7,8)27-18-14-25(15-19-27)23(3)4/h12-19H,1,3,9-11,20-21H2,2,4-8H3,(H,32,34)(H,33,35). The van der Waals surface area contributed by atoms with Crippen LogP contribution in [-0.4, -0.2) is 25.4 Å². The Morgan fingerprint density at radius 3 is 1.27 bits per heavy atom. The molecule has 0 unspecified atom stereocenters. The van der Waals surface area contributed by atoms with Gasteiger partial charge in [-0.15, -0.1) is 0 Å². The van der Waals surface area contributed by atoms with E-state index in [-0.39, 0.29) is 0 Å². The van der Waals surface area contributed by atoms with E-state index in [4.69, 9.17) is 9.47 Å². The molecule has 200 valence electrons. The van der Waals surface area contributed by atoms with Gasteiger partial charge in [0.25, 0.3) is 0 Å². The van der Waals surface area contributed by atoms with Crippen LogP contribution in [0.15, 0.2) is 61.7 Å². The van der Waals surface area contributed by atoms with E-state index in [1.54, 1.807) is 0 Å². The fourth-order valence-electron chi connectivity index (χ4n) is 3.78. The Hall–Kier alpha value is -3.54. The van der Waals surface area contributed by atoms with Crippen molar-refractivity contribution in [3.63, 3.8) is 0 Å². The van der Waals surface area contributed by atoms with Gasteiger partial charge in [0, 0.05) is 0 Å². The molecule has 2 rings (SSSR count). The van der Waals surface area contributed by atoms with Gasteiger partial charge in [0.2, 0.25) is 0 Å². The van der Waals surface area contributed by atoms with Crippen molar-refractivity contribution in [2.24, 2.45) is 0 Å². The van der Waals surface area contributed by atoms with Gasteiger partial charge < -0.3 is 20.1 Å². The molecule has 0 saturated heterocycles. The molecule has 0 radical (unpaired) electrons. The molecule has 0 aliphatic heterocycles. The van der Waals surface area contributed by atoms with Gasteiger partial charge in [0.1, 0.15) is 0 Å². The summed E-state index contributed by atoms with van der Waals surface area (Å²) in [4.78, 5) is 24.5. The van der Waals surface area contributed by atoms with Crippen molar-refractivity contribution >= 4 is 23.3 Å². The van der Waals surface area contributed by atoms with E-state index in [2.05, 4.69) is 23.8 Å². The van der Waals surface area contributed by atoms with E-state index in [9.17, 15) is 9.59 Å². The molecule has 0 spiro atoms. The molecule has 2 aromatic carbocycles. The summed E-state index contributed by atoms with van der Waals surface area (Å²) in [6, 6.07) is 15.9. The first-order valence-corrected chi connectivity index (χ1v) is 12.7. The number of nitrogens with one attached hydrogen (secondary N) is 2. The molecule has 2 amide bonds. The lowest BCUT2D eigenvalue weighted by Gasteiger charge is -2.27. The second kappa shape index (κ2) is 13.1. The maximum Gasteiger partial charge on any atom is 0.407 e. The number of amides is 2. The Balaban J connectivity index is 1.64. The molecule has 0 saturated carbocycles. The number of unbranched alkanes of at least 4 members (excludes halogenated alkanes) is 2. The number of alkyl carbamates (subject to hydrolysis) is 2. The van der Waals surface area contributed by atoms with E-state index in [0.717, 1.165) is 39.8 Å². The molecular weight excluding hydrogens is 464 g/mol. The van der Waals surface area contributed by atoms with Crippen molar-refractivity contribution in [2.45, 2.75) is 71.9 Å². The summed E-state index contributed by atoms with van der Waals surface area (Å²) in [5.41, 5.74) is 4.97. The number of rotatable bonds is 12. The van der Waals surface area contributed by atoms with Gasteiger partial charge in [0.15, 0.2) is 0 Å². The quantitative estimate of drug-likeness (QED) is 0.291. The zero-order valence-corrected chi connectivity index (χ0v) is 23.2. The van der Waals surface area contributed by atoms with Gasteiger partial charge in [0.05, 0.1) is 24.3 Å². The zero-order chi connectivity index (χ0) is 27.6. The molecule has 0 fully saturated rings. The van der Waals surface area contributed by atoms with E-state index < -0.39 is 23.3 Å². The minimum Gasteiger partial charge on any atom is -0.450 e. The molecule has 37 heavy (non-hydrogen) atoms. The number of benzene rings is 2. The molecule has 6 heteroatoms. The highest BCUT2D eigenvalue weighted by atomic mass is 16.6. The fraction of sp³-hybridized carbons (Fsp3) is 0.419. The predicted molar refractivity (Wildman–Crippen MR) is 151 cm³/mol. The molecule has 0 bridgehead atoms. The number of carbonyl (C=O) groups excluding carboxylic acids is 2. The van der Waals surface area contributed by atoms with Crippen LogP contribution in [0.3, 0.4) is 0 Å². The Kier molecular flexibility index (Phi) is 10.5. The maximum atomic E-state index is 12.3. The van der Waals surface area contributed by atoms with Crippen LogP contribution < -0.4 is 10.6 Å². The van der Waals surface area contributed by atoms with E-state index in [0.29, 0.717) is 26.1 Å². The lowest BCUT2D eigenvalue weighted by molar-refractivity contribution is 0.127. The fourth-order valence-corrected chi connectivity index (χ4v) is 3.78. The van der Waals surface area contributed by atoms with Crippen molar-refractivity contribution in [1.29, 1.82) is 0 Å². The molecule has 0 heterocycles. The Morgan fingerprint density at radius 2 is 0.973 bits per heavy atom. The molecule has 0 aliphatic rings. The summed E-state index contributed by atoms with van der Waals surface area (Å²) < 4.78 is 10.7. The highest BCUT2D eigenvalue weighted by Gasteiger charge is 2.24. The number of hydrogen-bond acceptors (Lipinski definition) is 4. The summed E-state index contributed by atoms with van der Waals surface area (Å²) in [5.74, 6) is 0. The normalized spacial score (nSPS) is 11.4. The summed E-state index contributed by atoms with van der Waals surface area (Å²) in [6.07, 6.45) is 1.24. The lowest BCUT2D eigenvalue weighted by atomic mass is 9.93. The number of ether oxygens (including phenoxy) is 2. The van der Waals surface area contributed by atoms with Crippen molar-refractivity contribution < 1.29 is 19.1 Å². The third-order valence-electron chi connectivity index (χ3n) is 6.28. The van der Waals surface area contributed by atoms with Crippen molar-refractivity contribution in [3.05, 3.63) is 83.9 Å². The van der Waals surface area contributed by atoms with Crippen molar-refractivity contribution in [3.8, 4) is 0 Å². The van der Waals surface area contributed by atoms with E-state index in [1.807, 2.05) is 90.1 Å². The molecule has 2 aromatic rings. The average Bonchev–Trinajstić information content (AvgIpc) is 2.83. The van der Waals surface area contributed by atoms with Crippen molar-refractivity contribution in [1.82, 2.24) is 10.6 Å². The van der Waals surface area contributed by atoms with Crippen LogP contribution in [-0.2, 0) is 20.6 Å². The maximum absolute atomic E-state index is 12.3. The summed E-state index contributed by atoms with van der Waals surface area (Å²) in [6.45, 7) is 20.2. The van der Waals surface area contributed by atoms with Gasteiger partial charge in [-0.2, -0.15) is 0 Å². The largest absolute Gasteiger partial charge is 0.450 e. The molecule has 0 aromatic heterocycles. The molecule has 2 N–H and O–H groups in total. The second-order valence-corrected chi connectivity index (χ2v) is 10.5. The van der Waals surface area contributed by atoms with Crippen LogP contribution in [0, 0.1) is 0 Å². The monoisotopic (exact) mass is 506 g/mol. The van der Waals surface area contributed by atoms with Gasteiger partial charge in [-0.05, 0) is 83.1 Å². The minimum absolute atomic E-state index is 0.302. The molecule has 6 nitrogen and oxygen atoms in total. The van der Waals surface area contributed by atoms with Gasteiger partial charge >= 0.3 is 12.2 Å². The highest BCUT2D eigenvalue weighted by molar-refractivity contribution is 5.69. The smallest absolute Gasteiger partial charge is 0.407 e. The van der Waals surface area contributed by atoms with Crippen LogP contribution in [0.25, 0.3) is 11.1 Å². The van der Waals surface area contributed by atoms with Gasteiger partial charge in [-0.1, -0.05) is 72.8 Å². The predicted octanol–water partition coefficient (Wildman–Crippen LogP) is 7.55. The molecular formula is C31H42N2O4. The first kappa shape index (κ1) is 29.7. The van der Waals surface area contributed by atoms with Crippen molar-refractivity contribution in [2.75, 3.05) is 13.2 Å². The average molecular weight is 507 g/mol. The first-order valence-electron chi connectivity index (χ1n) is 12.7. The van der Waals surface area contributed by atoms with Crippen LogP contribution in [0.2, 0.25) is 0 Å². The summed E-state index contributed by atoms with van der Waals surface area (Å²) in [5, 5.41) is 5.83. The third-order valence-corrected chi connectivity index (χ3v) is 6.28. The number of carbonyl (C=O) groups is 2. The number of allylic oxidation sites excluding steroid dienone is 2. The third kappa shape index (κ3) is 9.45. The lowest BCUT2D eigenvalue weighted by Crippen LogP contribution is -2.41. The topological polar surface area (TPSA) is 76.7 Å². The van der Waals surface area contributed by atoms with Crippen LogP contribution in [0.1, 0.15) is 83.1 Å². The zero-order valence-electron chi connectivity index (χ0n) is 23.2. The van der Waals surface area contributed by atoms with E-state index in [1.165, 1.54) is 0 Å².